The number of pyridine rings is 1. The number of halogens is 1. The van der Waals surface area contributed by atoms with Crippen molar-refractivity contribution in [2.45, 2.75) is 0 Å². The van der Waals surface area contributed by atoms with Crippen molar-refractivity contribution in [3.63, 3.8) is 0 Å². The van der Waals surface area contributed by atoms with Gasteiger partial charge in [-0.25, -0.2) is 15.0 Å². The molecule has 2 aromatic heterocycles. The Morgan fingerprint density at radius 1 is 1.28 bits per heavy atom. The van der Waals surface area contributed by atoms with Crippen LogP contribution >= 0.6 is 11.6 Å². The Balaban J connectivity index is 2.21. The third-order valence-corrected chi connectivity index (χ3v) is 2.32. The Labute approximate surface area is 108 Å². The van der Waals surface area contributed by atoms with Gasteiger partial charge in [0.15, 0.2) is 0 Å². The van der Waals surface area contributed by atoms with E-state index in [-0.39, 0.29) is 11.1 Å². The van der Waals surface area contributed by atoms with Gasteiger partial charge in [0.2, 0.25) is 0 Å². The summed E-state index contributed by atoms with van der Waals surface area (Å²) < 4.78 is 0. The first-order chi connectivity index (χ1) is 8.69. The van der Waals surface area contributed by atoms with E-state index in [0.717, 1.165) is 0 Å². The van der Waals surface area contributed by atoms with Crippen molar-refractivity contribution in [3.8, 4) is 0 Å². The molecule has 7 heteroatoms. The Morgan fingerprint density at radius 3 is 2.67 bits per heavy atom. The third-order valence-electron chi connectivity index (χ3n) is 2.13. The molecule has 0 bridgehead atoms. The van der Waals surface area contributed by atoms with Crippen molar-refractivity contribution >= 4 is 29.0 Å². The molecule has 2 N–H and O–H groups in total. The van der Waals surface area contributed by atoms with Gasteiger partial charge in [-0.2, -0.15) is 0 Å². The first-order valence-electron chi connectivity index (χ1n) is 5.11. The molecule has 0 fully saturated rings. The number of carbonyl (C=O) groups is 1. The predicted molar refractivity (Wildman–Crippen MR) is 68.8 cm³/mol. The molecule has 0 saturated heterocycles. The predicted octanol–water partition coefficient (Wildman–Crippen LogP) is 1.82. The molecule has 0 saturated carbocycles. The van der Waals surface area contributed by atoms with E-state index in [0.29, 0.717) is 17.1 Å². The zero-order valence-electron chi connectivity index (χ0n) is 9.51. The average Bonchev–Trinajstić information content (AvgIpc) is 2.39. The van der Waals surface area contributed by atoms with E-state index in [1.165, 1.54) is 24.8 Å². The Kier molecular flexibility index (Phi) is 3.69. The molecule has 92 valence electrons. The van der Waals surface area contributed by atoms with Crippen molar-refractivity contribution in [1.29, 1.82) is 0 Å². The molecule has 0 aliphatic rings. The van der Waals surface area contributed by atoms with E-state index in [2.05, 4.69) is 25.6 Å². The van der Waals surface area contributed by atoms with Gasteiger partial charge in [-0.1, -0.05) is 11.6 Å². The summed E-state index contributed by atoms with van der Waals surface area (Å²) in [5.41, 5.74) is 0.921. The number of nitrogens with one attached hydrogen (secondary N) is 2. The summed E-state index contributed by atoms with van der Waals surface area (Å²) in [4.78, 5) is 23.6. The summed E-state index contributed by atoms with van der Waals surface area (Å²) in [6.45, 7) is 0. The number of hydrogen-bond donors (Lipinski definition) is 2. The minimum Gasteiger partial charge on any atom is -0.373 e. The maximum absolute atomic E-state index is 12.0. The molecule has 18 heavy (non-hydrogen) atoms. The molecule has 0 atom stereocenters. The summed E-state index contributed by atoms with van der Waals surface area (Å²) in [5, 5.41) is 5.73. The molecule has 0 spiro atoms. The van der Waals surface area contributed by atoms with E-state index in [1.54, 1.807) is 13.1 Å². The fourth-order valence-corrected chi connectivity index (χ4v) is 1.53. The summed E-state index contributed by atoms with van der Waals surface area (Å²) in [6.07, 6.45) is 4.40. The second-order valence-electron chi connectivity index (χ2n) is 3.40. The van der Waals surface area contributed by atoms with Gasteiger partial charge in [-0.05, 0) is 12.1 Å². The highest BCUT2D eigenvalue weighted by atomic mass is 35.5. The molecule has 0 radical (unpaired) electrons. The van der Waals surface area contributed by atoms with Crippen molar-refractivity contribution in [2.75, 3.05) is 17.7 Å². The van der Waals surface area contributed by atoms with Crippen LogP contribution in [0.1, 0.15) is 10.4 Å². The number of hydrogen-bond acceptors (Lipinski definition) is 5. The van der Waals surface area contributed by atoms with Gasteiger partial charge in [0, 0.05) is 12.6 Å². The van der Waals surface area contributed by atoms with Crippen LogP contribution in [-0.4, -0.2) is 27.9 Å². The Morgan fingerprint density at radius 2 is 2.00 bits per heavy atom. The second kappa shape index (κ2) is 5.42. The standard InChI is InChI=1S/C11H10ClN5O/c1-13-10-3-7(2-9(12)17-10)11(18)16-8-4-14-6-15-5-8/h2-6H,1H3,(H,13,17)(H,16,18). The minimum absolute atomic E-state index is 0.247. The van der Waals surface area contributed by atoms with E-state index in [4.69, 9.17) is 11.6 Å². The lowest BCUT2D eigenvalue weighted by atomic mass is 10.2. The van der Waals surface area contributed by atoms with Crippen molar-refractivity contribution < 1.29 is 4.79 Å². The number of rotatable bonds is 3. The highest BCUT2D eigenvalue weighted by Crippen LogP contribution is 2.15. The molecule has 2 aromatic rings. The van der Waals surface area contributed by atoms with E-state index < -0.39 is 0 Å². The van der Waals surface area contributed by atoms with Gasteiger partial charge < -0.3 is 10.6 Å². The monoisotopic (exact) mass is 263 g/mol. The summed E-state index contributed by atoms with van der Waals surface area (Å²) >= 11 is 5.82. The molecule has 1 amide bonds. The van der Waals surface area contributed by atoms with Gasteiger partial charge in [0.05, 0.1) is 18.1 Å². The summed E-state index contributed by atoms with van der Waals surface area (Å²) in [7, 11) is 1.70. The summed E-state index contributed by atoms with van der Waals surface area (Å²) in [6, 6.07) is 3.09. The molecule has 2 heterocycles. The third kappa shape index (κ3) is 2.92. The molecular formula is C11H10ClN5O. The van der Waals surface area contributed by atoms with Crippen LogP contribution in [0.15, 0.2) is 30.9 Å². The first-order valence-corrected chi connectivity index (χ1v) is 5.48. The van der Waals surface area contributed by atoms with Crippen molar-refractivity contribution in [2.24, 2.45) is 0 Å². The maximum atomic E-state index is 12.0. The van der Waals surface area contributed by atoms with E-state index >= 15 is 0 Å². The van der Waals surface area contributed by atoms with Crippen LogP contribution in [0.25, 0.3) is 0 Å². The van der Waals surface area contributed by atoms with Gasteiger partial charge in [-0.15, -0.1) is 0 Å². The van der Waals surface area contributed by atoms with Gasteiger partial charge >= 0.3 is 0 Å². The second-order valence-corrected chi connectivity index (χ2v) is 3.78. The van der Waals surface area contributed by atoms with Crippen molar-refractivity contribution in [3.05, 3.63) is 41.6 Å². The lowest BCUT2D eigenvalue weighted by Gasteiger charge is -2.06. The van der Waals surface area contributed by atoms with Crippen LogP contribution < -0.4 is 10.6 Å². The normalized spacial score (nSPS) is 9.89. The Hall–Kier alpha value is -2.21. The molecule has 2 rings (SSSR count). The lowest BCUT2D eigenvalue weighted by Crippen LogP contribution is -2.13. The lowest BCUT2D eigenvalue weighted by molar-refractivity contribution is 0.102. The average molecular weight is 264 g/mol. The van der Waals surface area contributed by atoms with Crippen LogP contribution in [0, 0.1) is 0 Å². The fourth-order valence-electron chi connectivity index (χ4n) is 1.32. The fraction of sp³-hybridized carbons (Fsp3) is 0.0909. The number of aromatic nitrogens is 3. The zero-order valence-corrected chi connectivity index (χ0v) is 10.3. The van der Waals surface area contributed by atoms with Gasteiger partial charge in [0.25, 0.3) is 5.91 Å². The largest absolute Gasteiger partial charge is 0.373 e. The topological polar surface area (TPSA) is 79.8 Å². The van der Waals surface area contributed by atoms with Crippen LogP contribution in [0.5, 0.6) is 0 Å². The maximum Gasteiger partial charge on any atom is 0.255 e. The van der Waals surface area contributed by atoms with Crippen LogP contribution in [0.3, 0.4) is 0 Å². The number of carbonyl (C=O) groups excluding carboxylic acids is 1. The minimum atomic E-state index is -0.300. The Bertz CT molecular complexity index is 561. The number of nitrogens with zero attached hydrogens (tertiary/aromatic N) is 3. The molecule has 6 nitrogen and oxygen atoms in total. The van der Waals surface area contributed by atoms with Crippen molar-refractivity contribution in [1.82, 2.24) is 15.0 Å². The quantitative estimate of drug-likeness (QED) is 0.826. The first kappa shape index (κ1) is 12.3. The number of anilines is 2. The van der Waals surface area contributed by atoms with E-state index in [1.807, 2.05) is 0 Å². The van der Waals surface area contributed by atoms with E-state index in [9.17, 15) is 4.79 Å². The smallest absolute Gasteiger partial charge is 0.255 e. The zero-order chi connectivity index (χ0) is 13.0. The summed E-state index contributed by atoms with van der Waals surface area (Å²) in [5.74, 6) is 0.225. The van der Waals surface area contributed by atoms with Gasteiger partial charge in [-0.3, -0.25) is 4.79 Å². The number of amides is 1. The highest BCUT2D eigenvalue weighted by molar-refractivity contribution is 6.30. The molecular weight excluding hydrogens is 254 g/mol. The molecule has 0 unspecified atom stereocenters. The van der Waals surface area contributed by atoms with Crippen LogP contribution in [-0.2, 0) is 0 Å². The molecule has 0 aromatic carbocycles. The van der Waals surface area contributed by atoms with Crippen LogP contribution in [0.4, 0.5) is 11.5 Å². The van der Waals surface area contributed by atoms with Crippen LogP contribution in [0.2, 0.25) is 5.15 Å². The highest BCUT2D eigenvalue weighted by Gasteiger charge is 2.09. The molecule has 0 aliphatic carbocycles. The SMILES string of the molecule is CNc1cc(C(=O)Nc2cncnc2)cc(Cl)n1. The van der Waals surface area contributed by atoms with Gasteiger partial charge in [0.1, 0.15) is 17.3 Å². The molecule has 0 aliphatic heterocycles.